The maximum atomic E-state index is 9.84. The third-order valence-electron chi connectivity index (χ3n) is 5.02. The predicted octanol–water partition coefficient (Wildman–Crippen LogP) is 2.36. The number of nitrogens with zero attached hydrogens (tertiary/aromatic N) is 3. The van der Waals surface area contributed by atoms with Crippen LogP contribution < -0.4 is 11.1 Å². The molecule has 0 aliphatic heterocycles. The molecule has 1 aliphatic rings. The Labute approximate surface area is 147 Å². The van der Waals surface area contributed by atoms with Crippen molar-refractivity contribution in [3.63, 3.8) is 0 Å². The Balaban J connectivity index is 1.52. The van der Waals surface area contributed by atoms with Gasteiger partial charge in [-0.25, -0.2) is 4.98 Å². The van der Waals surface area contributed by atoms with Crippen molar-refractivity contribution < 1.29 is 5.11 Å². The number of hydrogen-bond acceptors (Lipinski definition) is 6. The van der Waals surface area contributed by atoms with Gasteiger partial charge in [-0.1, -0.05) is 30.3 Å². The lowest BCUT2D eigenvalue weighted by molar-refractivity contribution is 0.00302. The molecule has 0 unspecified atom stereocenters. The molecule has 1 fully saturated rings. The summed E-state index contributed by atoms with van der Waals surface area (Å²) in [4.78, 5) is 7.92. The molecular weight excluding hydrogens is 314 g/mol. The normalized spacial score (nSPS) is 22.0. The third-order valence-corrected chi connectivity index (χ3v) is 5.02. The molecule has 0 radical (unpaired) electrons. The van der Waals surface area contributed by atoms with Crippen LogP contribution in [0, 0.1) is 22.7 Å². The average Bonchev–Trinajstić information content (AvgIpc) is 2.61. The minimum atomic E-state index is -0.145. The second kappa shape index (κ2) is 7.49. The van der Waals surface area contributed by atoms with Crippen LogP contribution in [0.25, 0.3) is 0 Å². The highest BCUT2D eigenvalue weighted by Gasteiger charge is 2.43. The Morgan fingerprint density at radius 2 is 2.08 bits per heavy atom. The first-order valence-electron chi connectivity index (χ1n) is 8.55. The number of aliphatic hydroxyl groups is 1. The minimum Gasteiger partial charge on any atom is -0.396 e. The second-order valence-electron chi connectivity index (χ2n) is 6.91. The summed E-state index contributed by atoms with van der Waals surface area (Å²) in [5.74, 6) is 1.20. The van der Waals surface area contributed by atoms with Gasteiger partial charge in [0.15, 0.2) is 0 Å². The van der Waals surface area contributed by atoms with Crippen LogP contribution in [0.2, 0.25) is 0 Å². The molecule has 0 atom stereocenters. The minimum absolute atomic E-state index is 0.129. The van der Waals surface area contributed by atoms with Crippen molar-refractivity contribution in [3.05, 3.63) is 47.7 Å². The van der Waals surface area contributed by atoms with Gasteiger partial charge < -0.3 is 16.2 Å². The molecule has 130 valence electrons. The summed E-state index contributed by atoms with van der Waals surface area (Å²) >= 11 is 0. The van der Waals surface area contributed by atoms with Crippen LogP contribution in [0.4, 0.5) is 11.8 Å². The zero-order chi connectivity index (χ0) is 17.7. The summed E-state index contributed by atoms with van der Waals surface area (Å²) in [6.07, 6.45) is 5.58. The van der Waals surface area contributed by atoms with Gasteiger partial charge in [0.25, 0.3) is 0 Å². The summed E-state index contributed by atoms with van der Waals surface area (Å²) in [5.41, 5.74) is 7.17. The molecular formula is C19H23N5O. The first-order valence-corrected chi connectivity index (χ1v) is 8.55. The van der Waals surface area contributed by atoms with Crippen molar-refractivity contribution in [2.24, 2.45) is 11.3 Å². The second-order valence-corrected chi connectivity index (χ2v) is 6.91. The number of hydrogen-bond donors (Lipinski definition) is 3. The molecule has 0 bridgehead atoms. The van der Waals surface area contributed by atoms with E-state index >= 15 is 0 Å². The Bertz CT molecular complexity index is 750. The lowest BCUT2D eigenvalue weighted by Gasteiger charge is -2.47. The quantitative estimate of drug-likeness (QED) is 0.716. The van der Waals surface area contributed by atoms with E-state index in [2.05, 4.69) is 45.6 Å². The first-order chi connectivity index (χ1) is 12.1. The Hall–Kier alpha value is -2.65. The monoisotopic (exact) mass is 337 g/mol. The number of aliphatic hydroxyl groups excluding tert-OH is 1. The molecule has 1 aromatic carbocycles. The van der Waals surface area contributed by atoms with Gasteiger partial charge in [0, 0.05) is 12.0 Å². The van der Waals surface area contributed by atoms with Crippen molar-refractivity contribution >= 4 is 11.8 Å². The summed E-state index contributed by atoms with van der Waals surface area (Å²) in [6, 6.07) is 12.5. The van der Waals surface area contributed by atoms with Gasteiger partial charge in [0.05, 0.1) is 12.8 Å². The van der Waals surface area contributed by atoms with Crippen LogP contribution in [0.15, 0.2) is 36.5 Å². The van der Waals surface area contributed by atoms with Crippen molar-refractivity contribution in [2.75, 3.05) is 24.2 Å². The number of aryl methyl sites for hydroxylation is 1. The molecule has 1 heterocycles. The van der Waals surface area contributed by atoms with E-state index in [4.69, 9.17) is 11.0 Å². The number of nitriles is 1. The molecule has 0 spiro atoms. The Morgan fingerprint density at radius 1 is 1.32 bits per heavy atom. The molecule has 0 amide bonds. The standard InChI is InChI=1S/C19H23N5O/c20-10-16-11-22-18(21)24-17(16)23-12-19(13-25)8-15(9-19)7-6-14-4-2-1-3-5-14/h1-5,11,15,25H,6-9,12-13H2,(H3,21,22,23,24). The van der Waals surface area contributed by atoms with Gasteiger partial charge in [0.2, 0.25) is 5.95 Å². The maximum Gasteiger partial charge on any atom is 0.222 e. The van der Waals surface area contributed by atoms with Gasteiger partial charge >= 0.3 is 0 Å². The molecule has 0 saturated heterocycles. The van der Waals surface area contributed by atoms with E-state index in [-0.39, 0.29) is 18.0 Å². The van der Waals surface area contributed by atoms with E-state index in [0.29, 0.717) is 23.8 Å². The highest BCUT2D eigenvalue weighted by molar-refractivity contribution is 5.52. The highest BCUT2D eigenvalue weighted by Crippen LogP contribution is 2.47. The number of nitrogen functional groups attached to an aromatic ring is 1. The highest BCUT2D eigenvalue weighted by atomic mass is 16.3. The molecule has 6 heteroatoms. The van der Waals surface area contributed by atoms with E-state index in [9.17, 15) is 5.11 Å². The summed E-state index contributed by atoms with van der Waals surface area (Å²) < 4.78 is 0. The fraction of sp³-hybridized carbons (Fsp3) is 0.421. The van der Waals surface area contributed by atoms with Gasteiger partial charge in [-0.15, -0.1) is 0 Å². The maximum absolute atomic E-state index is 9.84. The summed E-state index contributed by atoms with van der Waals surface area (Å²) in [5, 5.41) is 22.1. The van der Waals surface area contributed by atoms with Crippen molar-refractivity contribution in [2.45, 2.75) is 25.7 Å². The van der Waals surface area contributed by atoms with E-state index in [0.717, 1.165) is 25.7 Å². The smallest absolute Gasteiger partial charge is 0.222 e. The van der Waals surface area contributed by atoms with Gasteiger partial charge in [0.1, 0.15) is 17.5 Å². The number of rotatable bonds is 7. The van der Waals surface area contributed by atoms with E-state index < -0.39 is 0 Å². The fourth-order valence-corrected chi connectivity index (χ4v) is 3.60. The lowest BCUT2D eigenvalue weighted by atomic mass is 9.61. The van der Waals surface area contributed by atoms with Crippen LogP contribution in [0.5, 0.6) is 0 Å². The zero-order valence-electron chi connectivity index (χ0n) is 14.2. The van der Waals surface area contributed by atoms with E-state index in [1.807, 2.05) is 6.07 Å². The van der Waals surface area contributed by atoms with Crippen molar-refractivity contribution in [1.29, 1.82) is 5.26 Å². The van der Waals surface area contributed by atoms with Crippen LogP contribution >= 0.6 is 0 Å². The zero-order valence-corrected chi connectivity index (χ0v) is 14.2. The molecule has 1 aliphatic carbocycles. The summed E-state index contributed by atoms with van der Waals surface area (Å²) in [6.45, 7) is 0.709. The Morgan fingerprint density at radius 3 is 2.76 bits per heavy atom. The number of nitrogens with two attached hydrogens (primary N) is 1. The van der Waals surface area contributed by atoms with Gasteiger partial charge in [-0.05, 0) is 37.2 Å². The molecule has 1 saturated carbocycles. The number of anilines is 2. The Kier molecular flexibility index (Phi) is 5.15. The van der Waals surface area contributed by atoms with E-state index in [1.54, 1.807) is 0 Å². The molecule has 1 aromatic heterocycles. The SMILES string of the molecule is N#Cc1cnc(N)nc1NCC1(CO)CC(CCc2ccccc2)C1. The number of benzene rings is 1. The van der Waals surface area contributed by atoms with Crippen LogP contribution in [0.3, 0.4) is 0 Å². The van der Waals surface area contributed by atoms with Crippen molar-refractivity contribution in [1.82, 2.24) is 9.97 Å². The largest absolute Gasteiger partial charge is 0.396 e. The van der Waals surface area contributed by atoms with Crippen LogP contribution in [0.1, 0.15) is 30.4 Å². The third kappa shape index (κ3) is 4.06. The van der Waals surface area contributed by atoms with Crippen molar-refractivity contribution in [3.8, 4) is 6.07 Å². The van der Waals surface area contributed by atoms with Gasteiger partial charge in [-0.3, -0.25) is 0 Å². The van der Waals surface area contributed by atoms with Crippen LogP contribution in [-0.4, -0.2) is 28.2 Å². The van der Waals surface area contributed by atoms with Crippen LogP contribution in [-0.2, 0) is 6.42 Å². The summed E-state index contributed by atoms with van der Waals surface area (Å²) in [7, 11) is 0. The first kappa shape index (κ1) is 17.2. The number of aromatic nitrogens is 2. The van der Waals surface area contributed by atoms with E-state index in [1.165, 1.54) is 11.8 Å². The average molecular weight is 337 g/mol. The molecule has 6 nitrogen and oxygen atoms in total. The molecule has 3 rings (SSSR count). The molecule has 2 aromatic rings. The number of nitrogens with one attached hydrogen (secondary N) is 1. The topological polar surface area (TPSA) is 108 Å². The molecule has 4 N–H and O–H groups in total. The predicted molar refractivity (Wildman–Crippen MR) is 96.7 cm³/mol. The van der Waals surface area contributed by atoms with Gasteiger partial charge in [-0.2, -0.15) is 10.2 Å². The fourth-order valence-electron chi connectivity index (χ4n) is 3.60. The lowest BCUT2D eigenvalue weighted by Crippen LogP contribution is -2.45. The molecule has 25 heavy (non-hydrogen) atoms.